The van der Waals surface area contributed by atoms with Gasteiger partial charge in [-0.25, -0.2) is 9.59 Å². The highest BCUT2D eigenvalue weighted by molar-refractivity contribution is 5.89. The van der Waals surface area contributed by atoms with Crippen molar-refractivity contribution >= 4 is 12.1 Å². The summed E-state index contributed by atoms with van der Waals surface area (Å²) in [6.07, 6.45) is 1.76. The van der Waals surface area contributed by atoms with Crippen LogP contribution >= 0.6 is 0 Å². The molecule has 24 heavy (non-hydrogen) atoms. The van der Waals surface area contributed by atoms with E-state index in [1.165, 1.54) is 5.56 Å². The third-order valence-corrected chi connectivity index (χ3v) is 3.91. The van der Waals surface area contributed by atoms with E-state index in [4.69, 9.17) is 9.47 Å². The van der Waals surface area contributed by atoms with E-state index in [-0.39, 0.29) is 18.2 Å². The van der Waals surface area contributed by atoms with Crippen LogP contribution in [0.15, 0.2) is 24.3 Å². The molecule has 0 radical (unpaired) electrons. The first kappa shape index (κ1) is 20.0. The molecule has 5 nitrogen and oxygen atoms in total. The second-order valence-electron chi connectivity index (χ2n) is 5.70. The van der Waals surface area contributed by atoms with E-state index in [0.717, 1.165) is 6.42 Å². The topological polar surface area (TPSA) is 55.8 Å². The summed E-state index contributed by atoms with van der Waals surface area (Å²) in [4.78, 5) is 25.4. The lowest BCUT2D eigenvalue weighted by molar-refractivity contribution is 0.0300. The van der Waals surface area contributed by atoms with Crippen molar-refractivity contribution in [3.63, 3.8) is 0 Å². The summed E-state index contributed by atoms with van der Waals surface area (Å²) in [7, 11) is 0. The van der Waals surface area contributed by atoms with Crippen LogP contribution in [0.5, 0.6) is 0 Å². The first-order valence-corrected chi connectivity index (χ1v) is 8.73. The maximum atomic E-state index is 12.0. The minimum absolute atomic E-state index is 0.212. The number of hydrogen-bond donors (Lipinski definition) is 0. The number of rotatable bonds is 9. The summed E-state index contributed by atoms with van der Waals surface area (Å²) >= 11 is 0. The van der Waals surface area contributed by atoms with Gasteiger partial charge in [0.05, 0.1) is 18.3 Å². The highest BCUT2D eigenvalue weighted by Crippen LogP contribution is 2.10. The molecule has 0 aliphatic carbocycles. The Hall–Kier alpha value is -2.04. The molecule has 0 aromatic heterocycles. The number of aryl methyl sites for hydroxylation is 1. The van der Waals surface area contributed by atoms with Crippen molar-refractivity contribution in [2.75, 3.05) is 19.7 Å². The minimum atomic E-state index is -0.315. The molecule has 1 aromatic carbocycles. The monoisotopic (exact) mass is 335 g/mol. The van der Waals surface area contributed by atoms with E-state index in [1.54, 1.807) is 17.0 Å². The Morgan fingerprint density at radius 1 is 1.08 bits per heavy atom. The lowest BCUT2D eigenvalue weighted by Crippen LogP contribution is -2.31. The molecule has 0 aliphatic heterocycles. The Kier molecular flexibility index (Phi) is 8.90. The molecule has 1 unspecified atom stereocenters. The smallest absolute Gasteiger partial charge is 0.409 e. The molecule has 5 heteroatoms. The fourth-order valence-electron chi connectivity index (χ4n) is 2.29. The van der Waals surface area contributed by atoms with Gasteiger partial charge in [0.25, 0.3) is 0 Å². The fraction of sp³-hybridized carbons (Fsp3) is 0.579. The molecule has 0 N–H and O–H groups in total. The summed E-state index contributed by atoms with van der Waals surface area (Å²) < 4.78 is 10.6. The number of ether oxygens (including phenoxy) is 2. The van der Waals surface area contributed by atoms with Gasteiger partial charge in [-0.05, 0) is 57.7 Å². The lowest BCUT2D eigenvalue weighted by atomic mass is 10.1. The van der Waals surface area contributed by atoms with E-state index >= 15 is 0 Å². The van der Waals surface area contributed by atoms with Gasteiger partial charge in [0.2, 0.25) is 0 Å². The molecule has 1 rings (SSSR count). The summed E-state index contributed by atoms with van der Waals surface area (Å²) in [5, 5.41) is 0. The van der Waals surface area contributed by atoms with Crippen LogP contribution < -0.4 is 0 Å². The largest absolute Gasteiger partial charge is 0.459 e. The van der Waals surface area contributed by atoms with Gasteiger partial charge in [-0.2, -0.15) is 0 Å². The van der Waals surface area contributed by atoms with Crippen LogP contribution in [0, 0.1) is 0 Å². The predicted octanol–water partition coefficient (Wildman–Crippen LogP) is 4.05. The van der Waals surface area contributed by atoms with Crippen LogP contribution in [-0.4, -0.2) is 42.8 Å². The first-order valence-electron chi connectivity index (χ1n) is 8.73. The highest BCUT2D eigenvalue weighted by atomic mass is 16.6. The van der Waals surface area contributed by atoms with Crippen LogP contribution in [0.3, 0.4) is 0 Å². The average molecular weight is 335 g/mol. The van der Waals surface area contributed by atoms with E-state index < -0.39 is 0 Å². The quantitative estimate of drug-likeness (QED) is 0.504. The number of carbonyl (C=O) groups is 2. The molecule has 0 saturated heterocycles. The van der Waals surface area contributed by atoms with E-state index in [9.17, 15) is 9.59 Å². The van der Waals surface area contributed by atoms with Crippen LogP contribution in [-0.2, 0) is 15.9 Å². The van der Waals surface area contributed by atoms with E-state index in [0.29, 0.717) is 38.1 Å². The van der Waals surface area contributed by atoms with Gasteiger partial charge in [0.1, 0.15) is 0 Å². The lowest BCUT2D eigenvalue weighted by Gasteiger charge is -2.18. The van der Waals surface area contributed by atoms with E-state index in [2.05, 4.69) is 6.92 Å². The fourth-order valence-corrected chi connectivity index (χ4v) is 2.29. The van der Waals surface area contributed by atoms with Crippen molar-refractivity contribution < 1.29 is 19.1 Å². The second-order valence-corrected chi connectivity index (χ2v) is 5.70. The Labute approximate surface area is 144 Å². The first-order chi connectivity index (χ1) is 11.5. The van der Waals surface area contributed by atoms with Crippen molar-refractivity contribution in [1.29, 1.82) is 0 Å². The van der Waals surface area contributed by atoms with E-state index in [1.807, 2.05) is 32.9 Å². The molecular formula is C19H29NO4. The molecule has 0 saturated carbocycles. The third kappa shape index (κ3) is 6.60. The number of esters is 1. The van der Waals surface area contributed by atoms with Gasteiger partial charge in [-0.3, -0.25) is 0 Å². The van der Waals surface area contributed by atoms with Gasteiger partial charge in [-0.1, -0.05) is 19.1 Å². The minimum Gasteiger partial charge on any atom is -0.459 e. The zero-order valence-corrected chi connectivity index (χ0v) is 15.2. The molecule has 0 heterocycles. The Balaban J connectivity index is 2.29. The van der Waals surface area contributed by atoms with Crippen molar-refractivity contribution in [3.05, 3.63) is 35.4 Å². The molecule has 0 aliphatic rings. The number of hydrogen-bond acceptors (Lipinski definition) is 4. The maximum Gasteiger partial charge on any atom is 0.409 e. The molecule has 0 spiro atoms. The van der Waals surface area contributed by atoms with Gasteiger partial charge in [-0.15, -0.1) is 0 Å². The highest BCUT2D eigenvalue weighted by Gasteiger charge is 2.13. The van der Waals surface area contributed by atoms with Gasteiger partial charge in [0, 0.05) is 13.1 Å². The molecule has 0 bridgehead atoms. The van der Waals surface area contributed by atoms with Crippen molar-refractivity contribution in [2.24, 2.45) is 0 Å². The zero-order chi connectivity index (χ0) is 17.9. The SMILES string of the molecule is CCc1ccc(C(=O)OC(C)CCCOC(=O)N(CC)CC)cc1. The van der Waals surface area contributed by atoms with Crippen LogP contribution in [0.1, 0.15) is 56.5 Å². The molecule has 134 valence electrons. The molecule has 1 amide bonds. The van der Waals surface area contributed by atoms with Crippen LogP contribution in [0.25, 0.3) is 0 Å². The zero-order valence-electron chi connectivity index (χ0n) is 15.2. The summed E-state index contributed by atoms with van der Waals surface area (Å²) in [5.74, 6) is -0.315. The predicted molar refractivity (Wildman–Crippen MR) is 94.2 cm³/mol. The van der Waals surface area contributed by atoms with Gasteiger partial charge in [0.15, 0.2) is 0 Å². The third-order valence-electron chi connectivity index (χ3n) is 3.91. The maximum absolute atomic E-state index is 12.0. The summed E-state index contributed by atoms with van der Waals surface area (Å²) in [5.41, 5.74) is 1.75. The summed E-state index contributed by atoms with van der Waals surface area (Å²) in [6.45, 7) is 9.37. The van der Waals surface area contributed by atoms with Gasteiger partial charge >= 0.3 is 12.1 Å². The standard InChI is InChI=1S/C19H29NO4/c1-5-16-10-12-17(13-11-16)18(21)24-15(4)9-8-14-23-19(22)20(6-2)7-3/h10-13,15H,5-9,14H2,1-4H3. The molecular weight excluding hydrogens is 306 g/mol. The van der Waals surface area contributed by atoms with Crippen molar-refractivity contribution in [1.82, 2.24) is 4.90 Å². The van der Waals surface area contributed by atoms with Gasteiger partial charge < -0.3 is 14.4 Å². The number of benzene rings is 1. The normalized spacial score (nSPS) is 11.7. The Bertz CT molecular complexity index is 509. The number of nitrogens with zero attached hydrogens (tertiary/aromatic N) is 1. The number of amides is 1. The molecule has 1 aromatic rings. The molecule has 1 atom stereocenters. The Morgan fingerprint density at radius 3 is 2.25 bits per heavy atom. The molecule has 0 fully saturated rings. The Morgan fingerprint density at radius 2 is 1.71 bits per heavy atom. The van der Waals surface area contributed by atoms with Crippen LogP contribution in [0.2, 0.25) is 0 Å². The van der Waals surface area contributed by atoms with Crippen molar-refractivity contribution in [3.8, 4) is 0 Å². The summed E-state index contributed by atoms with van der Waals surface area (Å²) in [6, 6.07) is 7.46. The average Bonchev–Trinajstić information content (AvgIpc) is 2.59. The second kappa shape index (κ2) is 10.7. The van der Waals surface area contributed by atoms with Crippen LogP contribution in [0.4, 0.5) is 4.79 Å². The number of carbonyl (C=O) groups excluding carboxylic acids is 2. The van der Waals surface area contributed by atoms with Crippen molar-refractivity contribution in [2.45, 2.75) is 53.1 Å².